The van der Waals surface area contributed by atoms with Gasteiger partial charge in [0.25, 0.3) is 0 Å². The maximum absolute atomic E-state index is 13.7. The SMILES string of the molecule is CC[C@@H](O)C[C@@H]1O[C@@]2(CC[C@@H]1C)C[C@@H]1OC(=O)C=C[C@H](C)[C@@H](O)[C@@H](C)[C@H](O)C[C@H](OC)C[C@H](O)[C@H](C)[C@H](O)CCC=CC=C[C@H](CC)CC[C@H](O2)[C@H]1CCC(C)O. The predicted molar refractivity (Wildman–Crippen MR) is 222 cm³/mol. The third-order valence-corrected chi connectivity index (χ3v) is 13.4. The van der Waals surface area contributed by atoms with Crippen LogP contribution < -0.4 is 0 Å². The Morgan fingerprint density at radius 1 is 0.877 bits per heavy atom. The molecule has 11 nitrogen and oxygen atoms in total. The van der Waals surface area contributed by atoms with E-state index >= 15 is 0 Å². The number of aliphatic hydroxyl groups excluding tert-OH is 6. The third kappa shape index (κ3) is 15.7. The quantitative estimate of drug-likeness (QED) is 0.147. The second kappa shape index (κ2) is 24.6. The van der Waals surface area contributed by atoms with Crippen molar-refractivity contribution in [3.05, 3.63) is 36.5 Å². The molecule has 3 rings (SSSR count). The zero-order chi connectivity index (χ0) is 42.3. The molecule has 3 heterocycles. The number of hydrogen-bond acceptors (Lipinski definition) is 11. The number of allylic oxidation sites excluding steroid dienone is 4. The van der Waals surface area contributed by atoms with Crippen molar-refractivity contribution in [2.75, 3.05) is 7.11 Å². The van der Waals surface area contributed by atoms with E-state index in [1.165, 1.54) is 13.2 Å². The Kier molecular flexibility index (Phi) is 21.4. The first kappa shape index (κ1) is 49.7. The molecule has 2 fully saturated rings. The van der Waals surface area contributed by atoms with E-state index in [1.807, 2.05) is 26.0 Å². The molecule has 3 aliphatic rings. The highest BCUT2D eigenvalue weighted by Crippen LogP contribution is 2.47. The average molecular weight is 809 g/mol. The van der Waals surface area contributed by atoms with Gasteiger partial charge in [-0.2, -0.15) is 0 Å². The van der Waals surface area contributed by atoms with Gasteiger partial charge in [0.05, 0.1) is 54.9 Å². The molecule has 3 aliphatic heterocycles. The van der Waals surface area contributed by atoms with Gasteiger partial charge in [-0.1, -0.05) is 71.9 Å². The molecule has 1 unspecified atom stereocenters. The molecule has 0 radical (unpaired) electrons. The number of carbonyl (C=O) groups excluding carboxylic acids is 1. The summed E-state index contributed by atoms with van der Waals surface area (Å²) < 4.78 is 25.8. The van der Waals surface area contributed by atoms with Crippen LogP contribution in [0.3, 0.4) is 0 Å². The number of ether oxygens (including phenoxy) is 4. The molecule has 0 amide bonds. The Bertz CT molecular complexity index is 1240. The van der Waals surface area contributed by atoms with Gasteiger partial charge in [0, 0.05) is 49.7 Å². The molecular weight excluding hydrogens is 728 g/mol. The van der Waals surface area contributed by atoms with Crippen LogP contribution >= 0.6 is 0 Å². The number of esters is 1. The Labute approximate surface area is 343 Å². The van der Waals surface area contributed by atoms with Crippen LogP contribution in [0.5, 0.6) is 0 Å². The lowest BCUT2D eigenvalue weighted by Crippen LogP contribution is -2.58. The number of carbonyl (C=O) groups is 1. The van der Waals surface area contributed by atoms with Crippen LogP contribution in [-0.2, 0) is 23.7 Å². The summed E-state index contributed by atoms with van der Waals surface area (Å²) in [6, 6.07) is 0. The van der Waals surface area contributed by atoms with Crippen molar-refractivity contribution < 1.29 is 54.4 Å². The molecule has 2 saturated heterocycles. The molecule has 0 aromatic heterocycles. The summed E-state index contributed by atoms with van der Waals surface area (Å²) >= 11 is 0. The van der Waals surface area contributed by atoms with Gasteiger partial charge in [-0.15, -0.1) is 0 Å². The normalized spacial score (nSPS) is 41.1. The molecule has 11 heteroatoms. The van der Waals surface area contributed by atoms with E-state index in [1.54, 1.807) is 26.8 Å². The largest absolute Gasteiger partial charge is 0.459 e. The molecule has 0 aromatic rings. The predicted octanol–water partition coefficient (Wildman–Crippen LogP) is 6.55. The fraction of sp³-hybridized carbons (Fsp3) is 0.848. The topological polar surface area (TPSA) is 175 Å². The highest BCUT2D eigenvalue weighted by molar-refractivity contribution is 5.82. The highest BCUT2D eigenvalue weighted by atomic mass is 16.7. The highest BCUT2D eigenvalue weighted by Gasteiger charge is 2.52. The number of fused-ring (bicyclic) bond motifs is 2. The minimum Gasteiger partial charge on any atom is -0.459 e. The molecular formula is C46H80O11. The lowest BCUT2D eigenvalue weighted by Gasteiger charge is -2.52. The van der Waals surface area contributed by atoms with Crippen LogP contribution in [-0.4, -0.2) is 111 Å². The molecule has 2 bridgehead atoms. The molecule has 6 N–H and O–H groups in total. The monoisotopic (exact) mass is 809 g/mol. The van der Waals surface area contributed by atoms with E-state index in [0.717, 1.165) is 19.3 Å². The Morgan fingerprint density at radius 3 is 2.23 bits per heavy atom. The smallest absolute Gasteiger partial charge is 0.330 e. The summed E-state index contributed by atoms with van der Waals surface area (Å²) in [7, 11) is 1.53. The van der Waals surface area contributed by atoms with Gasteiger partial charge in [0.15, 0.2) is 5.79 Å². The summed E-state index contributed by atoms with van der Waals surface area (Å²) in [6.07, 6.45) is 13.2. The van der Waals surface area contributed by atoms with Gasteiger partial charge >= 0.3 is 5.97 Å². The minimum atomic E-state index is -0.985. The van der Waals surface area contributed by atoms with E-state index in [0.29, 0.717) is 57.8 Å². The summed E-state index contributed by atoms with van der Waals surface area (Å²) in [6.45, 7) is 13.4. The van der Waals surface area contributed by atoms with Gasteiger partial charge in [-0.25, -0.2) is 4.79 Å². The van der Waals surface area contributed by atoms with Gasteiger partial charge in [0.1, 0.15) is 6.10 Å². The van der Waals surface area contributed by atoms with E-state index in [9.17, 15) is 35.4 Å². The summed E-state index contributed by atoms with van der Waals surface area (Å²) in [5.41, 5.74) is 0. The van der Waals surface area contributed by atoms with Crippen LogP contribution in [0.25, 0.3) is 0 Å². The molecule has 57 heavy (non-hydrogen) atoms. The van der Waals surface area contributed by atoms with Crippen molar-refractivity contribution in [2.45, 2.75) is 205 Å². The van der Waals surface area contributed by atoms with Crippen molar-refractivity contribution in [1.82, 2.24) is 0 Å². The molecule has 0 aliphatic carbocycles. The zero-order valence-electron chi connectivity index (χ0n) is 36.3. The molecule has 1 spiro atoms. The van der Waals surface area contributed by atoms with Crippen molar-refractivity contribution in [1.29, 1.82) is 0 Å². The first-order valence-electron chi connectivity index (χ1n) is 22.2. The van der Waals surface area contributed by atoms with Gasteiger partial charge in [-0.3, -0.25) is 0 Å². The minimum absolute atomic E-state index is 0.181. The van der Waals surface area contributed by atoms with Crippen LogP contribution in [0.1, 0.15) is 138 Å². The number of rotatable bonds is 8. The second-order valence-corrected chi connectivity index (χ2v) is 17.9. The van der Waals surface area contributed by atoms with Gasteiger partial charge < -0.3 is 49.6 Å². The molecule has 0 aromatic carbocycles. The summed E-state index contributed by atoms with van der Waals surface area (Å²) in [5, 5.41) is 65.3. The first-order valence-corrected chi connectivity index (χ1v) is 22.2. The first-order chi connectivity index (χ1) is 27.0. The molecule has 17 atom stereocenters. The Morgan fingerprint density at radius 2 is 1.58 bits per heavy atom. The van der Waals surface area contributed by atoms with Crippen LogP contribution in [0.2, 0.25) is 0 Å². The van der Waals surface area contributed by atoms with Crippen molar-refractivity contribution >= 4 is 5.97 Å². The van der Waals surface area contributed by atoms with E-state index < -0.39 is 78.3 Å². The maximum Gasteiger partial charge on any atom is 0.330 e. The maximum atomic E-state index is 13.7. The Hall–Kier alpha value is -1.67. The van der Waals surface area contributed by atoms with E-state index in [4.69, 9.17) is 18.9 Å². The fourth-order valence-corrected chi connectivity index (χ4v) is 8.85. The molecule has 330 valence electrons. The van der Waals surface area contributed by atoms with Crippen molar-refractivity contribution in [2.24, 2.45) is 35.5 Å². The Balaban J connectivity index is 1.97. The van der Waals surface area contributed by atoms with Crippen LogP contribution in [0.4, 0.5) is 0 Å². The van der Waals surface area contributed by atoms with Crippen molar-refractivity contribution in [3.63, 3.8) is 0 Å². The second-order valence-electron chi connectivity index (χ2n) is 17.9. The van der Waals surface area contributed by atoms with E-state index in [2.05, 4.69) is 26.0 Å². The lowest BCUT2D eigenvalue weighted by atomic mass is 9.77. The van der Waals surface area contributed by atoms with Crippen LogP contribution in [0, 0.1) is 35.5 Å². The van der Waals surface area contributed by atoms with E-state index in [-0.39, 0.29) is 42.8 Å². The third-order valence-electron chi connectivity index (χ3n) is 13.4. The molecule has 0 saturated carbocycles. The fourth-order valence-electron chi connectivity index (χ4n) is 8.85. The van der Waals surface area contributed by atoms with Crippen LogP contribution in [0.15, 0.2) is 36.5 Å². The van der Waals surface area contributed by atoms with Crippen molar-refractivity contribution in [3.8, 4) is 0 Å². The number of hydrogen-bond donors (Lipinski definition) is 6. The lowest BCUT2D eigenvalue weighted by molar-refractivity contribution is -0.349. The number of methoxy groups -OCH3 is 1. The number of aliphatic hydroxyl groups is 6. The summed E-state index contributed by atoms with van der Waals surface area (Å²) in [5.74, 6) is -2.69. The van der Waals surface area contributed by atoms with Gasteiger partial charge in [0.2, 0.25) is 0 Å². The van der Waals surface area contributed by atoms with Gasteiger partial charge in [-0.05, 0) is 95.8 Å². The zero-order valence-corrected chi connectivity index (χ0v) is 36.3. The average Bonchev–Trinajstić information content (AvgIpc) is 3.18. The standard InChI is InChI=1S/C46H80O11/c1-9-34-15-13-11-12-14-16-38(49)32(6)39(50)26-36(54-8)27-40(51)33(7)45(53)30(4)17-22-44(52)55-43-28-46(24-23-29(3)42(57-46)25-35(48)10-2)56-41(21-19-34)37(43)20-18-31(5)47/h11-13,15,17,22,29-43,45,47-51,53H,9-10,14,16,18-21,23-28H2,1-8H3/t29-,30-,31?,32+,33-,34-,35+,36+,37+,38+,39-,40+,41-,42-,43-,45+,46-/m0/s1. The summed E-state index contributed by atoms with van der Waals surface area (Å²) in [4.78, 5) is 13.7.